The van der Waals surface area contributed by atoms with Gasteiger partial charge in [0.25, 0.3) is 0 Å². The van der Waals surface area contributed by atoms with E-state index in [9.17, 15) is 4.79 Å². The first-order chi connectivity index (χ1) is 11.3. The highest BCUT2D eigenvalue weighted by Gasteiger charge is 2.01. The van der Waals surface area contributed by atoms with Gasteiger partial charge in [-0.2, -0.15) is 0 Å². The van der Waals surface area contributed by atoms with E-state index < -0.39 is 0 Å². The molecule has 1 rings (SSSR count). The molecule has 0 radical (unpaired) electrons. The Morgan fingerprint density at radius 2 is 1.61 bits per heavy atom. The number of carbonyl (C=O) groups is 1. The van der Waals surface area contributed by atoms with Crippen molar-refractivity contribution in [3.63, 3.8) is 0 Å². The minimum Gasteiger partial charge on any atom is -0.469 e. The van der Waals surface area contributed by atoms with Gasteiger partial charge in [0.05, 0.1) is 7.11 Å². The number of aromatic nitrogens is 1. The summed E-state index contributed by atoms with van der Waals surface area (Å²) < 4.78 is 4.64. The lowest BCUT2D eigenvalue weighted by molar-refractivity contribution is -0.140. The summed E-state index contributed by atoms with van der Waals surface area (Å²) in [6, 6.07) is 2.35. The molecular formula is C20H35NO2. The van der Waals surface area contributed by atoms with Gasteiger partial charge in [-0.3, -0.25) is 4.79 Å². The Kier molecular flexibility index (Phi) is 11.4. The Labute approximate surface area is 142 Å². The fourth-order valence-electron chi connectivity index (χ4n) is 2.93. The van der Waals surface area contributed by atoms with E-state index in [0.717, 1.165) is 12.8 Å². The molecular weight excluding hydrogens is 286 g/mol. The van der Waals surface area contributed by atoms with Gasteiger partial charge in [-0.25, -0.2) is 0 Å². The number of unbranched alkanes of at least 4 members (excludes halogenated alkanes) is 8. The van der Waals surface area contributed by atoms with Crippen LogP contribution >= 0.6 is 0 Å². The molecule has 0 atom stereocenters. The molecule has 132 valence electrons. The summed E-state index contributed by atoms with van der Waals surface area (Å²) in [5, 5.41) is 0. The van der Waals surface area contributed by atoms with Gasteiger partial charge < -0.3 is 9.72 Å². The van der Waals surface area contributed by atoms with Gasteiger partial charge in [0.15, 0.2) is 0 Å². The number of nitrogens with one attached hydrogen (secondary N) is 1. The highest BCUT2D eigenvalue weighted by Crippen LogP contribution is 2.13. The molecule has 0 bridgehead atoms. The van der Waals surface area contributed by atoms with Crippen molar-refractivity contribution in [2.75, 3.05) is 7.11 Å². The first-order valence-corrected chi connectivity index (χ1v) is 9.49. The second-order valence-electron chi connectivity index (χ2n) is 6.54. The molecule has 0 aliphatic carbocycles. The van der Waals surface area contributed by atoms with Gasteiger partial charge in [0, 0.05) is 18.3 Å². The van der Waals surface area contributed by atoms with Crippen LogP contribution in [0.5, 0.6) is 0 Å². The minimum atomic E-state index is -0.0806. The van der Waals surface area contributed by atoms with E-state index in [2.05, 4.69) is 28.9 Å². The monoisotopic (exact) mass is 321 g/mol. The molecule has 1 heterocycles. The number of carbonyl (C=O) groups excluding carboxylic acids is 1. The molecule has 23 heavy (non-hydrogen) atoms. The minimum absolute atomic E-state index is 0.0806. The molecule has 1 aromatic rings. The Morgan fingerprint density at radius 3 is 2.35 bits per heavy atom. The number of H-pyrrole nitrogens is 1. The van der Waals surface area contributed by atoms with Crippen LogP contribution in [-0.2, 0) is 22.4 Å². The molecule has 0 fully saturated rings. The molecule has 0 saturated carbocycles. The van der Waals surface area contributed by atoms with Crippen LogP contribution in [0.4, 0.5) is 0 Å². The standard InChI is InChI=1S/C20H35NO2/c1-3-4-5-11-14-19-16-18(17-21-19)13-10-8-6-7-9-12-15-20(22)23-2/h16-17,21H,3-15H2,1-2H3. The number of rotatable bonds is 14. The number of aryl methyl sites for hydroxylation is 2. The normalized spacial score (nSPS) is 10.9. The number of esters is 1. The summed E-state index contributed by atoms with van der Waals surface area (Å²) in [4.78, 5) is 14.4. The Bertz CT molecular complexity index is 412. The maximum absolute atomic E-state index is 11.0. The van der Waals surface area contributed by atoms with Gasteiger partial charge in [-0.05, 0) is 43.7 Å². The van der Waals surface area contributed by atoms with Crippen LogP contribution in [0.1, 0.15) is 88.8 Å². The maximum atomic E-state index is 11.0. The number of methoxy groups -OCH3 is 1. The average Bonchev–Trinajstić information content (AvgIpc) is 3.01. The van der Waals surface area contributed by atoms with Gasteiger partial charge >= 0.3 is 5.97 Å². The molecule has 0 spiro atoms. The lowest BCUT2D eigenvalue weighted by Crippen LogP contribution is -1.99. The van der Waals surface area contributed by atoms with E-state index in [4.69, 9.17) is 0 Å². The Hall–Kier alpha value is -1.25. The number of ether oxygens (including phenoxy) is 1. The first-order valence-electron chi connectivity index (χ1n) is 9.49. The average molecular weight is 322 g/mol. The summed E-state index contributed by atoms with van der Waals surface area (Å²) >= 11 is 0. The molecule has 1 aromatic heterocycles. The summed E-state index contributed by atoms with van der Waals surface area (Å²) in [6.45, 7) is 2.26. The Morgan fingerprint density at radius 1 is 0.957 bits per heavy atom. The zero-order valence-corrected chi connectivity index (χ0v) is 15.2. The zero-order valence-electron chi connectivity index (χ0n) is 15.2. The topological polar surface area (TPSA) is 42.1 Å². The van der Waals surface area contributed by atoms with Crippen LogP contribution in [0.3, 0.4) is 0 Å². The van der Waals surface area contributed by atoms with Gasteiger partial charge in [-0.1, -0.05) is 51.9 Å². The fourth-order valence-corrected chi connectivity index (χ4v) is 2.93. The largest absolute Gasteiger partial charge is 0.469 e. The summed E-state index contributed by atoms with van der Waals surface area (Å²) in [5.41, 5.74) is 2.86. The Balaban J connectivity index is 1.97. The van der Waals surface area contributed by atoms with Crippen molar-refractivity contribution in [1.29, 1.82) is 0 Å². The summed E-state index contributed by atoms with van der Waals surface area (Å²) in [6.07, 6.45) is 17.6. The van der Waals surface area contributed by atoms with Crippen molar-refractivity contribution in [2.24, 2.45) is 0 Å². The third-order valence-corrected chi connectivity index (χ3v) is 4.43. The zero-order chi connectivity index (χ0) is 16.8. The molecule has 0 saturated heterocycles. The summed E-state index contributed by atoms with van der Waals surface area (Å²) in [7, 11) is 1.46. The third kappa shape index (κ3) is 10.2. The van der Waals surface area contributed by atoms with E-state index in [1.807, 2.05) is 0 Å². The van der Waals surface area contributed by atoms with E-state index in [1.165, 1.54) is 82.6 Å². The van der Waals surface area contributed by atoms with Gasteiger partial charge in [0.1, 0.15) is 0 Å². The number of hydrogen-bond acceptors (Lipinski definition) is 2. The predicted octanol–water partition coefficient (Wildman–Crippen LogP) is 5.58. The lowest BCUT2D eigenvalue weighted by atomic mass is 10.1. The molecule has 0 aromatic carbocycles. The predicted molar refractivity (Wildman–Crippen MR) is 96.7 cm³/mol. The highest BCUT2D eigenvalue weighted by atomic mass is 16.5. The van der Waals surface area contributed by atoms with Crippen LogP contribution in [0.25, 0.3) is 0 Å². The maximum Gasteiger partial charge on any atom is 0.305 e. The van der Waals surface area contributed by atoms with Crippen LogP contribution in [0.2, 0.25) is 0 Å². The van der Waals surface area contributed by atoms with Gasteiger partial charge in [0.2, 0.25) is 0 Å². The molecule has 1 N–H and O–H groups in total. The summed E-state index contributed by atoms with van der Waals surface area (Å²) in [5.74, 6) is -0.0806. The first kappa shape index (κ1) is 19.8. The van der Waals surface area contributed by atoms with Crippen LogP contribution < -0.4 is 0 Å². The smallest absolute Gasteiger partial charge is 0.305 e. The number of aromatic amines is 1. The molecule has 0 aliphatic rings. The van der Waals surface area contributed by atoms with E-state index in [1.54, 1.807) is 0 Å². The second-order valence-corrected chi connectivity index (χ2v) is 6.54. The highest BCUT2D eigenvalue weighted by molar-refractivity contribution is 5.68. The van der Waals surface area contributed by atoms with E-state index in [0.29, 0.717) is 6.42 Å². The SMILES string of the molecule is CCCCCCc1cc(CCCCCCCCC(=O)OC)c[nH]1. The third-order valence-electron chi connectivity index (χ3n) is 4.43. The molecule has 3 nitrogen and oxygen atoms in total. The van der Waals surface area contributed by atoms with Crippen molar-refractivity contribution in [3.05, 3.63) is 23.5 Å². The molecule has 3 heteroatoms. The molecule has 0 amide bonds. The second kappa shape index (κ2) is 13.2. The van der Waals surface area contributed by atoms with Crippen LogP contribution in [0, 0.1) is 0 Å². The molecule has 0 unspecified atom stereocenters. The van der Waals surface area contributed by atoms with Crippen molar-refractivity contribution >= 4 is 5.97 Å². The fraction of sp³-hybridized carbons (Fsp3) is 0.750. The van der Waals surface area contributed by atoms with Crippen molar-refractivity contribution < 1.29 is 9.53 Å². The van der Waals surface area contributed by atoms with Gasteiger partial charge in [-0.15, -0.1) is 0 Å². The van der Waals surface area contributed by atoms with Crippen molar-refractivity contribution in [1.82, 2.24) is 4.98 Å². The number of hydrogen-bond donors (Lipinski definition) is 1. The molecule has 0 aliphatic heterocycles. The quantitative estimate of drug-likeness (QED) is 0.359. The van der Waals surface area contributed by atoms with Crippen LogP contribution in [-0.4, -0.2) is 18.1 Å². The van der Waals surface area contributed by atoms with Crippen LogP contribution in [0.15, 0.2) is 12.3 Å². The lowest BCUT2D eigenvalue weighted by Gasteiger charge is -2.01. The van der Waals surface area contributed by atoms with Crippen molar-refractivity contribution in [2.45, 2.75) is 90.4 Å². The van der Waals surface area contributed by atoms with E-state index >= 15 is 0 Å². The van der Waals surface area contributed by atoms with Crippen molar-refractivity contribution in [3.8, 4) is 0 Å². The van der Waals surface area contributed by atoms with E-state index in [-0.39, 0.29) is 5.97 Å².